The normalized spacial score (nSPS) is 11.9. The number of hydrogen-bond acceptors (Lipinski definition) is 4. The highest BCUT2D eigenvalue weighted by molar-refractivity contribution is 5.99. The predicted octanol–water partition coefficient (Wildman–Crippen LogP) is 3.71. The van der Waals surface area contributed by atoms with E-state index in [0.29, 0.717) is 17.9 Å². The molecule has 4 rings (SSSR count). The first-order valence-electron chi connectivity index (χ1n) is 8.64. The molecule has 6 heteroatoms. The summed E-state index contributed by atoms with van der Waals surface area (Å²) in [6, 6.07) is 20.9. The summed E-state index contributed by atoms with van der Waals surface area (Å²) in [6.45, 7) is 0.523. The van der Waals surface area contributed by atoms with Crippen molar-refractivity contribution in [1.29, 1.82) is 0 Å². The molecule has 0 aliphatic rings. The molecule has 6 nitrogen and oxygen atoms in total. The van der Waals surface area contributed by atoms with Crippen molar-refractivity contribution < 1.29 is 9.32 Å². The third-order valence-corrected chi connectivity index (χ3v) is 4.29. The molecule has 2 aromatic carbocycles. The van der Waals surface area contributed by atoms with E-state index in [1.807, 2.05) is 72.9 Å². The van der Waals surface area contributed by atoms with Crippen LogP contribution in [0.5, 0.6) is 0 Å². The van der Waals surface area contributed by atoms with Crippen molar-refractivity contribution in [3.05, 3.63) is 96.4 Å². The third-order valence-electron chi connectivity index (χ3n) is 4.29. The molecule has 0 bridgehead atoms. The van der Waals surface area contributed by atoms with Crippen LogP contribution in [0, 0.1) is 0 Å². The highest BCUT2D eigenvalue weighted by Gasteiger charge is 2.22. The van der Waals surface area contributed by atoms with Gasteiger partial charge in [-0.1, -0.05) is 65.8 Å². The van der Waals surface area contributed by atoms with Gasteiger partial charge in [-0.2, -0.15) is 5.10 Å². The SMILES string of the molecule is O=C(N[C@H](Cn1cccn1)c1ccccc1)c1cnoc1-c1ccccc1. The maximum atomic E-state index is 13.0. The standard InChI is InChI=1S/C21H18N4O2/c26-21(18-14-23-27-20(18)17-10-5-2-6-11-17)24-19(15-25-13-7-12-22-25)16-8-3-1-4-9-16/h1-14,19H,15H2,(H,24,26)/t19-/m1/s1. The maximum absolute atomic E-state index is 13.0. The Labute approximate surface area is 156 Å². The van der Waals surface area contributed by atoms with Crippen LogP contribution in [-0.4, -0.2) is 20.8 Å². The lowest BCUT2D eigenvalue weighted by Crippen LogP contribution is -2.31. The van der Waals surface area contributed by atoms with E-state index in [1.165, 1.54) is 6.20 Å². The van der Waals surface area contributed by atoms with Crippen LogP contribution in [0.2, 0.25) is 0 Å². The van der Waals surface area contributed by atoms with Crippen LogP contribution < -0.4 is 5.32 Å². The summed E-state index contributed by atoms with van der Waals surface area (Å²) in [5.74, 6) is 0.218. The lowest BCUT2D eigenvalue weighted by Gasteiger charge is -2.19. The second-order valence-electron chi connectivity index (χ2n) is 6.10. The molecule has 2 aromatic heterocycles. The topological polar surface area (TPSA) is 73.0 Å². The number of nitrogens with one attached hydrogen (secondary N) is 1. The minimum Gasteiger partial charge on any atom is -0.355 e. The van der Waals surface area contributed by atoms with E-state index in [0.717, 1.165) is 11.1 Å². The van der Waals surface area contributed by atoms with Crippen molar-refractivity contribution in [1.82, 2.24) is 20.3 Å². The third kappa shape index (κ3) is 3.79. The fraction of sp³-hybridized carbons (Fsp3) is 0.0952. The lowest BCUT2D eigenvalue weighted by molar-refractivity contribution is 0.0932. The van der Waals surface area contributed by atoms with Crippen molar-refractivity contribution in [2.45, 2.75) is 12.6 Å². The van der Waals surface area contributed by atoms with E-state index < -0.39 is 0 Å². The molecule has 1 amide bonds. The van der Waals surface area contributed by atoms with Gasteiger partial charge in [-0.15, -0.1) is 0 Å². The molecule has 0 unspecified atom stereocenters. The number of carbonyl (C=O) groups is 1. The Morgan fingerprint density at radius 1 is 1.04 bits per heavy atom. The monoisotopic (exact) mass is 358 g/mol. The number of carbonyl (C=O) groups excluding carboxylic acids is 1. The van der Waals surface area contributed by atoms with Gasteiger partial charge in [-0.05, 0) is 11.6 Å². The van der Waals surface area contributed by atoms with Crippen molar-refractivity contribution in [2.24, 2.45) is 0 Å². The minimum absolute atomic E-state index is 0.239. The number of amides is 1. The molecule has 0 saturated heterocycles. The molecule has 2 heterocycles. The molecule has 0 radical (unpaired) electrons. The van der Waals surface area contributed by atoms with Crippen LogP contribution in [0.15, 0.2) is 89.8 Å². The van der Waals surface area contributed by atoms with E-state index in [-0.39, 0.29) is 11.9 Å². The molecule has 0 saturated carbocycles. The van der Waals surface area contributed by atoms with Crippen LogP contribution in [0.25, 0.3) is 11.3 Å². The van der Waals surface area contributed by atoms with E-state index in [9.17, 15) is 4.79 Å². The molecular formula is C21H18N4O2. The molecule has 134 valence electrons. The summed E-state index contributed by atoms with van der Waals surface area (Å²) < 4.78 is 7.13. The van der Waals surface area contributed by atoms with Gasteiger partial charge in [0.05, 0.1) is 18.8 Å². The average molecular weight is 358 g/mol. The molecular weight excluding hydrogens is 340 g/mol. The Morgan fingerprint density at radius 2 is 1.78 bits per heavy atom. The summed E-state index contributed by atoms with van der Waals surface area (Å²) in [6.07, 6.45) is 5.04. The van der Waals surface area contributed by atoms with Crippen molar-refractivity contribution in [2.75, 3.05) is 0 Å². The largest absolute Gasteiger partial charge is 0.355 e. The van der Waals surface area contributed by atoms with Gasteiger partial charge >= 0.3 is 0 Å². The van der Waals surface area contributed by atoms with Crippen molar-refractivity contribution in [3.63, 3.8) is 0 Å². The molecule has 0 spiro atoms. The van der Waals surface area contributed by atoms with E-state index in [1.54, 1.807) is 10.9 Å². The van der Waals surface area contributed by atoms with Gasteiger partial charge in [-0.3, -0.25) is 9.48 Å². The van der Waals surface area contributed by atoms with Gasteiger partial charge in [0.2, 0.25) is 0 Å². The minimum atomic E-state index is -0.240. The van der Waals surface area contributed by atoms with E-state index in [2.05, 4.69) is 15.6 Å². The zero-order valence-corrected chi connectivity index (χ0v) is 14.5. The van der Waals surface area contributed by atoms with Crippen molar-refractivity contribution in [3.8, 4) is 11.3 Å². The zero-order valence-electron chi connectivity index (χ0n) is 14.5. The second kappa shape index (κ2) is 7.70. The Morgan fingerprint density at radius 3 is 2.48 bits per heavy atom. The molecule has 0 aliphatic heterocycles. The molecule has 0 fully saturated rings. The number of rotatable bonds is 6. The first-order valence-corrected chi connectivity index (χ1v) is 8.64. The van der Waals surface area contributed by atoms with Crippen LogP contribution >= 0.6 is 0 Å². The fourth-order valence-corrected chi connectivity index (χ4v) is 2.95. The summed E-state index contributed by atoms with van der Waals surface area (Å²) in [4.78, 5) is 13.0. The van der Waals surface area contributed by atoms with Crippen molar-refractivity contribution >= 4 is 5.91 Å². The number of nitrogens with zero attached hydrogens (tertiary/aromatic N) is 3. The summed E-state index contributed by atoms with van der Waals surface area (Å²) in [7, 11) is 0. The molecule has 4 aromatic rings. The summed E-state index contributed by atoms with van der Waals surface area (Å²) in [5, 5.41) is 11.2. The first-order chi connectivity index (χ1) is 13.3. The molecule has 0 aliphatic carbocycles. The van der Waals surface area contributed by atoms with Gasteiger partial charge < -0.3 is 9.84 Å². The predicted molar refractivity (Wildman–Crippen MR) is 101 cm³/mol. The quantitative estimate of drug-likeness (QED) is 0.570. The number of hydrogen-bond donors (Lipinski definition) is 1. The van der Waals surface area contributed by atoms with Crippen LogP contribution in [0.3, 0.4) is 0 Å². The lowest BCUT2D eigenvalue weighted by atomic mass is 10.1. The number of aromatic nitrogens is 3. The molecule has 27 heavy (non-hydrogen) atoms. The Balaban J connectivity index is 1.60. The highest BCUT2D eigenvalue weighted by atomic mass is 16.5. The Bertz CT molecular complexity index is 995. The Kier molecular flexibility index (Phi) is 4.78. The summed E-state index contributed by atoms with van der Waals surface area (Å²) in [5.41, 5.74) is 2.21. The Hall–Kier alpha value is -3.67. The van der Waals surface area contributed by atoms with Gasteiger partial charge in [-0.25, -0.2) is 0 Å². The van der Waals surface area contributed by atoms with Crippen LogP contribution in [0.4, 0.5) is 0 Å². The first kappa shape index (κ1) is 16.8. The number of benzene rings is 2. The smallest absolute Gasteiger partial charge is 0.257 e. The van der Waals surface area contributed by atoms with Gasteiger partial charge in [0.1, 0.15) is 5.56 Å². The zero-order chi connectivity index (χ0) is 18.5. The maximum Gasteiger partial charge on any atom is 0.257 e. The molecule has 1 N–H and O–H groups in total. The van der Waals surface area contributed by atoms with Gasteiger partial charge in [0.15, 0.2) is 5.76 Å². The van der Waals surface area contributed by atoms with E-state index in [4.69, 9.17) is 4.52 Å². The van der Waals surface area contributed by atoms with E-state index >= 15 is 0 Å². The summed E-state index contributed by atoms with van der Waals surface area (Å²) >= 11 is 0. The molecule has 1 atom stereocenters. The van der Waals surface area contributed by atoms with Gasteiger partial charge in [0.25, 0.3) is 5.91 Å². The average Bonchev–Trinajstić information content (AvgIpc) is 3.41. The highest BCUT2D eigenvalue weighted by Crippen LogP contribution is 2.24. The van der Waals surface area contributed by atoms with Gasteiger partial charge in [0, 0.05) is 18.0 Å². The fourth-order valence-electron chi connectivity index (χ4n) is 2.95. The van der Waals surface area contributed by atoms with Crippen LogP contribution in [-0.2, 0) is 6.54 Å². The second-order valence-corrected chi connectivity index (χ2v) is 6.10. The van der Waals surface area contributed by atoms with Crippen LogP contribution in [0.1, 0.15) is 22.0 Å².